The molecule has 1 fully saturated rings. The first kappa shape index (κ1) is 8.49. The minimum atomic E-state index is -0.894. The Morgan fingerprint density at radius 2 is 2.45 bits per heavy atom. The van der Waals surface area contributed by atoms with E-state index in [1.54, 1.807) is 7.11 Å². The molecule has 1 rings (SSSR count). The van der Waals surface area contributed by atoms with E-state index in [0.717, 1.165) is 12.8 Å². The molecule has 0 amide bonds. The Hall–Kier alpha value is -0.610. The van der Waals surface area contributed by atoms with E-state index >= 15 is 0 Å². The van der Waals surface area contributed by atoms with E-state index in [1.165, 1.54) is 0 Å². The molecule has 64 valence electrons. The van der Waals surface area contributed by atoms with Gasteiger partial charge >= 0.3 is 5.97 Å². The molecule has 0 aliphatic heterocycles. The maximum atomic E-state index is 10.8. The molecule has 1 saturated carbocycles. The summed E-state index contributed by atoms with van der Waals surface area (Å²) < 4.78 is 5.04. The van der Waals surface area contributed by atoms with Gasteiger partial charge in [0, 0.05) is 13.5 Å². The molecule has 1 aliphatic carbocycles. The van der Waals surface area contributed by atoms with Gasteiger partial charge in [-0.2, -0.15) is 0 Å². The summed E-state index contributed by atoms with van der Waals surface area (Å²) in [5.41, 5.74) is 2.80. The fourth-order valence-electron chi connectivity index (χ4n) is 1.63. The Kier molecular flexibility index (Phi) is 2.15. The zero-order valence-electron chi connectivity index (χ0n) is 6.67. The van der Waals surface area contributed by atoms with Crippen LogP contribution in [0.4, 0.5) is 0 Å². The summed E-state index contributed by atoms with van der Waals surface area (Å²) in [5.74, 6) is -0.846. The Balaban J connectivity index is 2.75. The largest absolute Gasteiger partial charge is 0.477 e. The molecule has 0 unspecified atom stereocenters. The van der Waals surface area contributed by atoms with Crippen molar-refractivity contribution in [2.45, 2.75) is 30.9 Å². The van der Waals surface area contributed by atoms with Gasteiger partial charge in [-0.25, -0.2) is 4.79 Å². The van der Waals surface area contributed by atoms with Crippen LogP contribution in [0.3, 0.4) is 0 Å². The molecule has 0 spiro atoms. The molecule has 2 atom stereocenters. The number of quaternary nitrogens is 1. The molecule has 4 heteroatoms. The maximum Gasteiger partial charge on any atom is 0.368 e. The molecule has 4 nitrogen and oxygen atoms in total. The van der Waals surface area contributed by atoms with E-state index in [0.29, 0.717) is 6.42 Å². The second-order valence-electron chi connectivity index (χ2n) is 3.08. The van der Waals surface area contributed by atoms with Crippen LogP contribution in [0.25, 0.3) is 0 Å². The lowest BCUT2D eigenvalue weighted by molar-refractivity contribution is -0.475. The third-order valence-corrected chi connectivity index (χ3v) is 2.42. The van der Waals surface area contributed by atoms with E-state index in [1.807, 2.05) is 0 Å². The summed E-state index contributed by atoms with van der Waals surface area (Å²) in [6, 6.07) is 0. The van der Waals surface area contributed by atoms with Crippen LogP contribution in [0.2, 0.25) is 0 Å². The highest BCUT2D eigenvalue weighted by Gasteiger charge is 2.50. The molecule has 1 aliphatic rings. The van der Waals surface area contributed by atoms with Crippen LogP contribution in [0.15, 0.2) is 0 Å². The number of methoxy groups -OCH3 is 1. The standard InChI is InChI=1S/C7H13NO3/c1-11-5-3-2-4-7(5,8)6(9)10/h5H,2-4,8H2,1H3,(H,9,10)/p+1/t5-,7+/m0/s1. The molecule has 0 aromatic heterocycles. The van der Waals surface area contributed by atoms with Gasteiger partial charge in [0.2, 0.25) is 5.54 Å². The van der Waals surface area contributed by atoms with Gasteiger partial charge in [0.05, 0.1) is 0 Å². The second-order valence-corrected chi connectivity index (χ2v) is 3.08. The van der Waals surface area contributed by atoms with Crippen LogP contribution in [0.5, 0.6) is 0 Å². The zero-order valence-corrected chi connectivity index (χ0v) is 6.67. The molecule has 0 aromatic carbocycles. The summed E-state index contributed by atoms with van der Waals surface area (Å²) in [5, 5.41) is 8.83. The lowest BCUT2D eigenvalue weighted by Gasteiger charge is -2.21. The summed E-state index contributed by atoms with van der Waals surface area (Å²) in [6.07, 6.45) is 2.13. The van der Waals surface area contributed by atoms with Crippen molar-refractivity contribution < 1.29 is 20.4 Å². The van der Waals surface area contributed by atoms with Gasteiger partial charge in [0.25, 0.3) is 0 Å². The van der Waals surface area contributed by atoms with Gasteiger partial charge in [-0.05, 0) is 12.8 Å². The molecule has 0 saturated heterocycles. The highest BCUT2D eigenvalue weighted by atomic mass is 16.5. The van der Waals surface area contributed by atoms with Crippen molar-refractivity contribution in [3.8, 4) is 0 Å². The fraction of sp³-hybridized carbons (Fsp3) is 0.857. The summed E-state index contributed by atoms with van der Waals surface area (Å²) >= 11 is 0. The minimum absolute atomic E-state index is 0.208. The quantitative estimate of drug-likeness (QED) is 0.558. The van der Waals surface area contributed by atoms with E-state index in [-0.39, 0.29) is 6.10 Å². The van der Waals surface area contributed by atoms with Crippen LogP contribution in [-0.2, 0) is 9.53 Å². The Morgan fingerprint density at radius 3 is 2.82 bits per heavy atom. The SMILES string of the molecule is CO[C@H]1CCC[C@]1([NH3+])C(=O)O. The first-order valence-electron chi connectivity index (χ1n) is 3.73. The van der Waals surface area contributed by atoms with E-state index in [4.69, 9.17) is 9.84 Å². The Morgan fingerprint density at radius 1 is 1.82 bits per heavy atom. The van der Waals surface area contributed by atoms with Crippen molar-refractivity contribution in [3.05, 3.63) is 0 Å². The first-order chi connectivity index (χ1) is 5.11. The van der Waals surface area contributed by atoms with E-state index < -0.39 is 11.5 Å². The van der Waals surface area contributed by atoms with Gasteiger partial charge in [0.1, 0.15) is 6.10 Å². The maximum absolute atomic E-state index is 10.8. The van der Waals surface area contributed by atoms with Crippen LogP contribution in [0.1, 0.15) is 19.3 Å². The topological polar surface area (TPSA) is 74.2 Å². The molecular formula is C7H14NO3+. The van der Waals surface area contributed by atoms with Crippen molar-refractivity contribution >= 4 is 5.97 Å². The van der Waals surface area contributed by atoms with Crippen molar-refractivity contribution in [2.24, 2.45) is 0 Å². The monoisotopic (exact) mass is 160 g/mol. The third-order valence-electron chi connectivity index (χ3n) is 2.42. The fourth-order valence-corrected chi connectivity index (χ4v) is 1.63. The number of rotatable bonds is 2. The predicted octanol–water partition coefficient (Wildman–Crippen LogP) is -0.749. The van der Waals surface area contributed by atoms with Crippen LogP contribution < -0.4 is 5.73 Å². The van der Waals surface area contributed by atoms with Gasteiger partial charge in [-0.3, -0.25) is 0 Å². The second kappa shape index (κ2) is 2.79. The van der Waals surface area contributed by atoms with Crippen LogP contribution >= 0.6 is 0 Å². The van der Waals surface area contributed by atoms with Gasteiger partial charge in [-0.15, -0.1) is 0 Å². The molecule has 0 aromatic rings. The zero-order chi connectivity index (χ0) is 8.48. The summed E-state index contributed by atoms with van der Waals surface area (Å²) in [4.78, 5) is 10.8. The number of hydrogen-bond donors (Lipinski definition) is 2. The van der Waals surface area contributed by atoms with Crippen LogP contribution in [-0.4, -0.2) is 29.8 Å². The number of carboxylic acids is 1. The van der Waals surface area contributed by atoms with E-state index in [2.05, 4.69) is 5.73 Å². The highest BCUT2D eigenvalue weighted by Crippen LogP contribution is 2.28. The van der Waals surface area contributed by atoms with Crippen LogP contribution in [0, 0.1) is 0 Å². The van der Waals surface area contributed by atoms with Crippen molar-refractivity contribution in [2.75, 3.05) is 7.11 Å². The predicted molar refractivity (Wildman–Crippen MR) is 37.9 cm³/mol. The third kappa shape index (κ3) is 1.23. The minimum Gasteiger partial charge on any atom is -0.477 e. The number of ether oxygens (including phenoxy) is 1. The average molecular weight is 160 g/mol. The van der Waals surface area contributed by atoms with Gasteiger partial charge in [0.15, 0.2) is 0 Å². The summed E-state index contributed by atoms with van der Waals surface area (Å²) in [6.45, 7) is 0. The highest BCUT2D eigenvalue weighted by molar-refractivity contribution is 5.78. The van der Waals surface area contributed by atoms with Crippen molar-refractivity contribution in [1.82, 2.24) is 0 Å². The van der Waals surface area contributed by atoms with E-state index in [9.17, 15) is 4.79 Å². The molecule has 0 bridgehead atoms. The lowest BCUT2D eigenvalue weighted by atomic mass is 9.97. The van der Waals surface area contributed by atoms with Crippen molar-refractivity contribution in [1.29, 1.82) is 0 Å². The number of carboxylic acid groups (broad SMARTS) is 1. The molecule has 0 radical (unpaired) electrons. The first-order valence-corrected chi connectivity index (χ1v) is 3.73. The molecular weight excluding hydrogens is 146 g/mol. The number of hydrogen-bond acceptors (Lipinski definition) is 2. The number of carbonyl (C=O) groups is 1. The molecule has 0 heterocycles. The Labute approximate surface area is 65.3 Å². The van der Waals surface area contributed by atoms with Crippen molar-refractivity contribution in [3.63, 3.8) is 0 Å². The Bertz CT molecular complexity index is 171. The lowest BCUT2D eigenvalue weighted by Crippen LogP contribution is -2.80. The molecule has 11 heavy (non-hydrogen) atoms. The molecule has 4 N–H and O–H groups in total. The van der Waals surface area contributed by atoms with Gasteiger partial charge in [-0.1, -0.05) is 0 Å². The smallest absolute Gasteiger partial charge is 0.368 e. The summed E-state index contributed by atoms with van der Waals surface area (Å²) in [7, 11) is 1.54. The average Bonchev–Trinajstić information content (AvgIpc) is 2.32. The number of aliphatic carboxylic acids is 1. The normalized spacial score (nSPS) is 37.5. The van der Waals surface area contributed by atoms with Gasteiger partial charge < -0.3 is 15.6 Å².